The molecule has 0 N–H and O–H groups in total. The number of benzene rings is 4. The van der Waals surface area contributed by atoms with E-state index in [1.807, 2.05) is 12.1 Å². The van der Waals surface area contributed by atoms with E-state index in [1.54, 1.807) is 12.1 Å². The lowest BCUT2D eigenvalue weighted by molar-refractivity contribution is -0.0000297. The molecule has 3 nitrogen and oxygen atoms in total. The van der Waals surface area contributed by atoms with Crippen molar-refractivity contribution >= 4 is 20.4 Å². The van der Waals surface area contributed by atoms with E-state index >= 15 is 0 Å². The van der Waals surface area contributed by atoms with Crippen molar-refractivity contribution < 1.29 is 26.6 Å². The van der Waals surface area contributed by atoms with Crippen molar-refractivity contribution in [1.82, 2.24) is 4.90 Å². The van der Waals surface area contributed by atoms with Gasteiger partial charge in [-0.2, -0.15) is 0 Å². The molecule has 0 aromatic heterocycles. The minimum atomic E-state index is -0.230. The minimum Gasteiger partial charge on any atom is -1.00 e. The van der Waals surface area contributed by atoms with Gasteiger partial charge in [0, 0.05) is 31.8 Å². The SMILES string of the molecule is O=C1c2ccccc2C(=O)N1CCC[PH2+]C(c1ccccc1)(c1ccccc1)c1ccccc1.[Br-]. The summed E-state index contributed by atoms with van der Waals surface area (Å²) in [5, 5.41) is -0.230. The van der Waals surface area contributed by atoms with Crippen LogP contribution in [-0.4, -0.2) is 29.4 Å². The Hall–Kier alpha value is -3.07. The summed E-state index contributed by atoms with van der Waals surface area (Å²) in [6, 6.07) is 39.2. The second kappa shape index (κ2) is 11.1. The Morgan fingerprint density at radius 3 is 1.34 bits per heavy atom. The molecule has 5 heteroatoms. The molecular weight excluding hydrogens is 517 g/mol. The van der Waals surface area contributed by atoms with Crippen molar-refractivity contribution in [3.8, 4) is 0 Å². The van der Waals surface area contributed by atoms with E-state index in [4.69, 9.17) is 0 Å². The molecule has 35 heavy (non-hydrogen) atoms. The second-order valence-corrected chi connectivity index (χ2v) is 10.4. The Balaban J connectivity index is 0.00000289. The Labute approximate surface area is 218 Å². The number of amides is 2. The molecule has 1 unspecified atom stereocenters. The molecular formula is C30H27BrNO2P. The van der Waals surface area contributed by atoms with Crippen molar-refractivity contribution in [3.05, 3.63) is 143 Å². The monoisotopic (exact) mass is 543 g/mol. The summed E-state index contributed by atoms with van der Waals surface area (Å²) in [5.74, 6) is -0.341. The molecule has 4 aromatic carbocycles. The minimum absolute atomic E-state index is 0. The fourth-order valence-corrected chi connectivity index (χ4v) is 7.07. The fourth-order valence-electron chi connectivity index (χ4n) is 4.97. The van der Waals surface area contributed by atoms with E-state index in [2.05, 4.69) is 91.0 Å². The Bertz CT molecular complexity index is 1160. The van der Waals surface area contributed by atoms with Gasteiger partial charge in [-0.25, -0.2) is 0 Å². The number of nitrogens with zero attached hydrogens (tertiary/aromatic N) is 1. The van der Waals surface area contributed by atoms with Crippen LogP contribution in [0.5, 0.6) is 0 Å². The van der Waals surface area contributed by atoms with Gasteiger partial charge in [0.2, 0.25) is 0 Å². The van der Waals surface area contributed by atoms with Gasteiger partial charge >= 0.3 is 0 Å². The first kappa shape index (κ1) is 25.0. The van der Waals surface area contributed by atoms with Gasteiger partial charge in [-0.3, -0.25) is 14.5 Å². The molecule has 1 aliphatic rings. The van der Waals surface area contributed by atoms with Gasteiger partial charge in [0.25, 0.3) is 11.8 Å². The van der Waals surface area contributed by atoms with Gasteiger partial charge in [0.1, 0.15) is 5.16 Å². The Morgan fingerprint density at radius 1 is 0.571 bits per heavy atom. The van der Waals surface area contributed by atoms with Crippen LogP contribution in [0.15, 0.2) is 115 Å². The number of imide groups is 1. The average molecular weight is 544 g/mol. The van der Waals surface area contributed by atoms with Crippen LogP contribution in [-0.2, 0) is 5.16 Å². The van der Waals surface area contributed by atoms with Crippen LogP contribution in [0.2, 0.25) is 0 Å². The smallest absolute Gasteiger partial charge is 0.261 e. The van der Waals surface area contributed by atoms with Gasteiger partial charge in [0.15, 0.2) is 0 Å². The number of halogens is 1. The summed E-state index contributed by atoms with van der Waals surface area (Å²) in [4.78, 5) is 27.0. The molecule has 0 fully saturated rings. The quantitative estimate of drug-likeness (QED) is 0.148. The van der Waals surface area contributed by atoms with E-state index in [-0.39, 0.29) is 42.5 Å². The molecule has 176 valence electrons. The third-order valence-corrected chi connectivity index (χ3v) is 8.91. The lowest BCUT2D eigenvalue weighted by Crippen LogP contribution is -3.00. The lowest BCUT2D eigenvalue weighted by atomic mass is 9.84. The summed E-state index contributed by atoms with van der Waals surface area (Å²) < 4.78 is 0. The Morgan fingerprint density at radius 2 is 0.943 bits per heavy atom. The number of rotatable bonds is 8. The molecule has 0 spiro atoms. The van der Waals surface area contributed by atoms with Crippen molar-refractivity contribution in [2.75, 3.05) is 12.7 Å². The number of carbonyl (C=O) groups is 2. The van der Waals surface area contributed by atoms with Gasteiger partial charge in [-0.15, -0.1) is 0 Å². The molecule has 0 saturated heterocycles. The molecule has 0 aliphatic carbocycles. The van der Waals surface area contributed by atoms with Crippen LogP contribution in [0.1, 0.15) is 43.8 Å². The average Bonchev–Trinajstić information content (AvgIpc) is 3.15. The first-order valence-corrected chi connectivity index (χ1v) is 13.1. The number of hydrogen-bond acceptors (Lipinski definition) is 2. The first-order valence-electron chi connectivity index (χ1n) is 11.7. The highest BCUT2D eigenvalue weighted by Crippen LogP contribution is 2.52. The largest absolute Gasteiger partial charge is 1.00 e. The predicted octanol–water partition coefficient (Wildman–Crippen LogP) is 3.08. The van der Waals surface area contributed by atoms with Gasteiger partial charge in [-0.1, -0.05) is 103 Å². The van der Waals surface area contributed by atoms with E-state index in [9.17, 15) is 9.59 Å². The molecule has 2 amide bonds. The zero-order chi connectivity index (χ0) is 23.4. The maximum Gasteiger partial charge on any atom is 0.261 e. The topological polar surface area (TPSA) is 37.4 Å². The number of fused-ring (bicyclic) bond motifs is 1. The molecule has 0 bridgehead atoms. The molecule has 0 radical (unpaired) electrons. The van der Waals surface area contributed by atoms with Crippen LogP contribution in [0.25, 0.3) is 0 Å². The van der Waals surface area contributed by atoms with Crippen LogP contribution >= 0.6 is 8.58 Å². The van der Waals surface area contributed by atoms with Crippen molar-refractivity contribution in [1.29, 1.82) is 0 Å². The van der Waals surface area contributed by atoms with Crippen LogP contribution in [0.4, 0.5) is 0 Å². The molecule has 1 atom stereocenters. The summed E-state index contributed by atoms with van der Waals surface area (Å²) >= 11 is 0. The zero-order valence-corrected chi connectivity index (χ0v) is 22.1. The fraction of sp³-hybridized carbons (Fsp3) is 0.133. The van der Waals surface area contributed by atoms with E-state index in [1.165, 1.54) is 21.6 Å². The maximum absolute atomic E-state index is 12.8. The standard InChI is InChI=1S/C30H26NO2P.BrH/c32-28-26-19-10-11-20-27(26)29(33)31(28)21-12-22-34-30(23-13-4-1-5-14-23,24-15-6-2-7-16-24)25-17-8-3-9-18-25;/h1-11,13-20,34H,12,21-22H2;1H. The van der Waals surface area contributed by atoms with Crippen LogP contribution in [0.3, 0.4) is 0 Å². The van der Waals surface area contributed by atoms with Crippen molar-refractivity contribution in [2.45, 2.75) is 11.6 Å². The highest BCUT2D eigenvalue weighted by atomic mass is 79.9. The second-order valence-electron chi connectivity index (χ2n) is 8.56. The summed E-state index contributed by atoms with van der Waals surface area (Å²) in [6.07, 6.45) is 1.74. The van der Waals surface area contributed by atoms with E-state index < -0.39 is 0 Å². The van der Waals surface area contributed by atoms with E-state index in [0.717, 1.165) is 12.6 Å². The van der Waals surface area contributed by atoms with Crippen LogP contribution in [0, 0.1) is 0 Å². The van der Waals surface area contributed by atoms with Gasteiger partial charge in [-0.05, 0) is 18.6 Å². The van der Waals surface area contributed by atoms with Crippen LogP contribution < -0.4 is 17.0 Å². The predicted molar refractivity (Wildman–Crippen MR) is 140 cm³/mol. The highest BCUT2D eigenvalue weighted by Gasteiger charge is 2.42. The zero-order valence-electron chi connectivity index (χ0n) is 19.3. The highest BCUT2D eigenvalue weighted by molar-refractivity contribution is 7.40. The number of hydrogen-bond donors (Lipinski definition) is 0. The molecule has 4 aromatic rings. The molecule has 1 aliphatic heterocycles. The van der Waals surface area contributed by atoms with Crippen molar-refractivity contribution in [2.24, 2.45) is 0 Å². The normalized spacial score (nSPS) is 13.2. The van der Waals surface area contributed by atoms with Crippen molar-refractivity contribution in [3.63, 3.8) is 0 Å². The summed E-state index contributed by atoms with van der Waals surface area (Å²) in [7, 11) is -0.110. The molecule has 0 saturated carbocycles. The summed E-state index contributed by atoms with van der Waals surface area (Å²) in [6.45, 7) is 0.452. The molecule has 5 rings (SSSR count). The van der Waals surface area contributed by atoms with Gasteiger partial charge in [0.05, 0.1) is 17.3 Å². The third kappa shape index (κ3) is 4.74. The first-order chi connectivity index (χ1) is 16.7. The lowest BCUT2D eigenvalue weighted by Gasteiger charge is -2.31. The summed E-state index contributed by atoms with van der Waals surface area (Å²) in [5.41, 5.74) is 4.88. The third-order valence-electron chi connectivity index (χ3n) is 6.60. The maximum atomic E-state index is 12.8. The van der Waals surface area contributed by atoms with E-state index in [0.29, 0.717) is 17.7 Å². The van der Waals surface area contributed by atoms with Gasteiger partial charge < -0.3 is 17.0 Å². The molecule has 1 heterocycles. The number of carbonyl (C=O) groups excluding carboxylic acids is 2. The Kier molecular flexibility index (Phi) is 7.95.